The molecule has 2 aliphatic heterocycles. The molecule has 172 valence electrons. The van der Waals surface area contributed by atoms with Gasteiger partial charge in [-0.3, -0.25) is 9.78 Å². The van der Waals surface area contributed by atoms with E-state index in [-0.39, 0.29) is 29.1 Å². The lowest BCUT2D eigenvalue weighted by Gasteiger charge is -2.46. The molecule has 10 heteroatoms. The zero-order chi connectivity index (χ0) is 23.2. The van der Waals surface area contributed by atoms with E-state index in [9.17, 15) is 13.6 Å². The Hall–Kier alpha value is -3.95. The molecule has 1 amide bonds. The van der Waals surface area contributed by atoms with Gasteiger partial charge in [0.05, 0.1) is 29.6 Å². The summed E-state index contributed by atoms with van der Waals surface area (Å²) in [4.78, 5) is 27.7. The molecule has 4 heterocycles. The SMILES string of the molecule is O=C(c1c(F)cccc1-n1nccn1)N1CC2CC(C1)CN(c1cnc3cc(F)ccc3n1)C2. The molecule has 0 saturated carbocycles. The molecule has 2 unspecified atom stereocenters. The molecular formula is C24H21F2N7O. The highest BCUT2D eigenvalue weighted by Crippen LogP contribution is 2.32. The predicted molar refractivity (Wildman–Crippen MR) is 121 cm³/mol. The van der Waals surface area contributed by atoms with E-state index < -0.39 is 5.82 Å². The summed E-state index contributed by atoms with van der Waals surface area (Å²) >= 11 is 0. The number of fused-ring (bicyclic) bond motifs is 3. The molecule has 8 nitrogen and oxygen atoms in total. The topological polar surface area (TPSA) is 80.0 Å². The minimum Gasteiger partial charge on any atom is -0.355 e. The maximum absolute atomic E-state index is 14.8. The molecule has 2 aromatic heterocycles. The van der Waals surface area contributed by atoms with Crippen LogP contribution in [0.25, 0.3) is 16.7 Å². The number of benzene rings is 2. The summed E-state index contributed by atoms with van der Waals surface area (Å²) in [6.07, 6.45) is 5.65. The first-order chi connectivity index (χ1) is 16.5. The third kappa shape index (κ3) is 3.64. The van der Waals surface area contributed by atoms with Crippen molar-refractivity contribution in [1.29, 1.82) is 0 Å². The second-order valence-corrected chi connectivity index (χ2v) is 8.90. The molecule has 6 rings (SSSR count). The van der Waals surface area contributed by atoms with Crippen LogP contribution in [0.4, 0.5) is 14.6 Å². The molecule has 2 atom stereocenters. The Morgan fingerprint density at radius 3 is 2.47 bits per heavy atom. The number of piperidine rings is 2. The third-order valence-electron chi connectivity index (χ3n) is 6.52. The molecule has 2 bridgehead atoms. The van der Waals surface area contributed by atoms with Gasteiger partial charge in [-0.1, -0.05) is 6.07 Å². The molecule has 2 aromatic carbocycles. The van der Waals surface area contributed by atoms with Crippen LogP contribution < -0.4 is 4.90 Å². The first-order valence-electron chi connectivity index (χ1n) is 11.2. The number of carbonyl (C=O) groups is 1. The maximum atomic E-state index is 14.8. The summed E-state index contributed by atoms with van der Waals surface area (Å²) in [7, 11) is 0. The summed E-state index contributed by atoms with van der Waals surface area (Å²) in [6.45, 7) is 2.48. The fourth-order valence-electron chi connectivity index (χ4n) is 5.15. The van der Waals surface area contributed by atoms with Gasteiger partial charge in [-0.25, -0.2) is 13.8 Å². The molecular weight excluding hydrogens is 440 g/mol. The quantitative estimate of drug-likeness (QED) is 0.467. The second-order valence-electron chi connectivity index (χ2n) is 8.90. The van der Waals surface area contributed by atoms with E-state index in [0.717, 1.165) is 12.2 Å². The number of aromatic nitrogens is 5. The minimum atomic E-state index is -0.583. The van der Waals surface area contributed by atoms with Gasteiger partial charge in [0.15, 0.2) is 0 Å². The lowest BCUT2D eigenvalue weighted by molar-refractivity contribution is 0.0559. The zero-order valence-corrected chi connectivity index (χ0v) is 18.2. The first kappa shape index (κ1) is 20.6. The third-order valence-corrected chi connectivity index (χ3v) is 6.52. The Morgan fingerprint density at radius 1 is 0.941 bits per heavy atom. The molecule has 4 aromatic rings. The highest BCUT2D eigenvalue weighted by molar-refractivity contribution is 5.98. The number of rotatable bonds is 3. The fourth-order valence-corrected chi connectivity index (χ4v) is 5.15. The first-order valence-corrected chi connectivity index (χ1v) is 11.2. The number of hydrogen-bond donors (Lipinski definition) is 0. The molecule has 0 spiro atoms. The van der Waals surface area contributed by atoms with E-state index >= 15 is 0 Å². The van der Waals surface area contributed by atoms with E-state index in [1.165, 1.54) is 35.4 Å². The lowest BCUT2D eigenvalue weighted by atomic mass is 9.84. The molecule has 2 aliphatic rings. The molecule has 0 radical (unpaired) electrons. The smallest absolute Gasteiger partial charge is 0.259 e. The van der Waals surface area contributed by atoms with Crippen LogP contribution in [0.5, 0.6) is 0 Å². The van der Waals surface area contributed by atoms with E-state index in [0.29, 0.717) is 42.9 Å². The van der Waals surface area contributed by atoms with Gasteiger partial charge in [-0.15, -0.1) is 0 Å². The van der Waals surface area contributed by atoms with E-state index in [1.54, 1.807) is 29.3 Å². The summed E-state index contributed by atoms with van der Waals surface area (Å²) in [5, 5.41) is 8.14. The Bertz CT molecular complexity index is 1360. The van der Waals surface area contributed by atoms with Crippen LogP contribution in [0, 0.1) is 23.5 Å². The van der Waals surface area contributed by atoms with Crippen LogP contribution in [0.2, 0.25) is 0 Å². The van der Waals surface area contributed by atoms with Crippen LogP contribution in [-0.4, -0.2) is 61.9 Å². The highest BCUT2D eigenvalue weighted by Gasteiger charge is 2.38. The van der Waals surface area contributed by atoms with Crippen molar-refractivity contribution in [3.8, 4) is 5.69 Å². The molecule has 0 N–H and O–H groups in total. The monoisotopic (exact) mass is 461 g/mol. The van der Waals surface area contributed by atoms with Crippen LogP contribution in [0.15, 0.2) is 55.0 Å². The molecule has 2 fully saturated rings. The van der Waals surface area contributed by atoms with Crippen LogP contribution >= 0.6 is 0 Å². The Balaban J connectivity index is 1.23. The average molecular weight is 461 g/mol. The zero-order valence-electron chi connectivity index (χ0n) is 18.2. The summed E-state index contributed by atoms with van der Waals surface area (Å²) in [6, 6.07) is 8.87. The normalized spacial score (nSPS) is 20.1. The van der Waals surface area contributed by atoms with Gasteiger partial charge in [0.1, 0.15) is 28.7 Å². The van der Waals surface area contributed by atoms with Gasteiger partial charge in [0, 0.05) is 32.2 Å². The number of halogens is 2. The number of amides is 1. The minimum absolute atomic E-state index is 0.0110. The Labute approximate surface area is 193 Å². The largest absolute Gasteiger partial charge is 0.355 e. The van der Waals surface area contributed by atoms with Crippen molar-refractivity contribution in [3.05, 3.63) is 72.2 Å². The van der Waals surface area contributed by atoms with Crippen molar-refractivity contribution in [2.45, 2.75) is 6.42 Å². The molecule has 0 aliphatic carbocycles. The number of hydrogen-bond acceptors (Lipinski definition) is 6. The summed E-state index contributed by atoms with van der Waals surface area (Å²) in [5.74, 6) is -0.0792. The fraction of sp³-hybridized carbons (Fsp3) is 0.292. The van der Waals surface area contributed by atoms with Crippen molar-refractivity contribution in [2.75, 3.05) is 31.1 Å². The van der Waals surface area contributed by atoms with Crippen molar-refractivity contribution in [3.63, 3.8) is 0 Å². The van der Waals surface area contributed by atoms with E-state index in [1.807, 2.05) is 0 Å². The summed E-state index contributed by atoms with van der Waals surface area (Å²) < 4.78 is 28.3. The molecule has 34 heavy (non-hydrogen) atoms. The van der Waals surface area contributed by atoms with Crippen molar-refractivity contribution in [2.24, 2.45) is 11.8 Å². The second kappa shape index (κ2) is 8.12. The van der Waals surface area contributed by atoms with Crippen LogP contribution in [0.1, 0.15) is 16.8 Å². The van der Waals surface area contributed by atoms with E-state index in [2.05, 4.69) is 25.1 Å². The Kier molecular flexibility index (Phi) is 4.93. The lowest BCUT2D eigenvalue weighted by Crippen LogP contribution is -2.54. The number of likely N-dealkylation sites (tertiary alicyclic amines) is 1. The molecule has 2 saturated heterocycles. The van der Waals surface area contributed by atoms with E-state index in [4.69, 9.17) is 0 Å². The predicted octanol–water partition coefficient (Wildman–Crippen LogP) is 3.09. The van der Waals surface area contributed by atoms with Gasteiger partial charge in [0.2, 0.25) is 0 Å². The van der Waals surface area contributed by atoms with Crippen LogP contribution in [-0.2, 0) is 0 Å². The van der Waals surface area contributed by atoms with Gasteiger partial charge in [0.25, 0.3) is 5.91 Å². The van der Waals surface area contributed by atoms with Gasteiger partial charge >= 0.3 is 0 Å². The van der Waals surface area contributed by atoms with Gasteiger partial charge in [-0.2, -0.15) is 15.0 Å². The summed E-state index contributed by atoms with van der Waals surface area (Å²) in [5.41, 5.74) is 1.48. The van der Waals surface area contributed by atoms with Crippen LogP contribution in [0.3, 0.4) is 0 Å². The van der Waals surface area contributed by atoms with Crippen molar-refractivity contribution >= 4 is 22.8 Å². The Morgan fingerprint density at radius 2 is 1.71 bits per heavy atom. The number of anilines is 1. The highest BCUT2D eigenvalue weighted by atomic mass is 19.1. The maximum Gasteiger partial charge on any atom is 0.259 e. The van der Waals surface area contributed by atoms with Crippen molar-refractivity contribution < 1.29 is 13.6 Å². The van der Waals surface area contributed by atoms with Gasteiger partial charge < -0.3 is 9.80 Å². The number of carbonyl (C=O) groups excluding carboxylic acids is 1. The van der Waals surface area contributed by atoms with Gasteiger partial charge in [-0.05, 0) is 42.5 Å². The average Bonchev–Trinajstić information content (AvgIpc) is 3.37. The number of nitrogens with zero attached hydrogens (tertiary/aromatic N) is 7. The standard InChI is InChI=1S/C24H21F2N7O/c25-17-4-5-19-20(9-17)27-10-22(30-19)31-11-15-8-16(12-31)14-32(13-15)24(34)23-18(26)2-1-3-21(23)33-28-6-7-29-33/h1-7,9-10,15-16H,8,11-14H2. The van der Waals surface area contributed by atoms with Crippen molar-refractivity contribution in [1.82, 2.24) is 29.9 Å².